The summed E-state index contributed by atoms with van der Waals surface area (Å²) in [7, 11) is 0. The van der Waals surface area contributed by atoms with Gasteiger partial charge in [-0.3, -0.25) is 4.79 Å². The van der Waals surface area contributed by atoms with E-state index in [-0.39, 0.29) is 13.0 Å². The highest BCUT2D eigenvalue weighted by atomic mass is 16.7. The standard InChI is InChI=1S/C12H22O5/c1-11(2,3)17-10(14)6-8(13)9-7-15-12(4,5)16-9/h8-9,13H,6-7H2,1-5H3. The van der Waals surface area contributed by atoms with Crippen molar-refractivity contribution in [2.24, 2.45) is 0 Å². The highest BCUT2D eigenvalue weighted by Gasteiger charge is 2.37. The van der Waals surface area contributed by atoms with Gasteiger partial charge in [0, 0.05) is 0 Å². The van der Waals surface area contributed by atoms with E-state index in [4.69, 9.17) is 14.2 Å². The van der Waals surface area contributed by atoms with Crippen LogP contribution in [0.5, 0.6) is 0 Å². The zero-order valence-electron chi connectivity index (χ0n) is 11.1. The molecule has 0 amide bonds. The van der Waals surface area contributed by atoms with Gasteiger partial charge in [-0.05, 0) is 34.6 Å². The highest BCUT2D eigenvalue weighted by Crippen LogP contribution is 2.25. The van der Waals surface area contributed by atoms with Crippen molar-refractivity contribution in [3.63, 3.8) is 0 Å². The van der Waals surface area contributed by atoms with Crippen molar-refractivity contribution >= 4 is 5.97 Å². The summed E-state index contributed by atoms with van der Waals surface area (Å²) in [6.45, 7) is 9.19. The van der Waals surface area contributed by atoms with Crippen molar-refractivity contribution in [3.05, 3.63) is 0 Å². The highest BCUT2D eigenvalue weighted by molar-refractivity contribution is 5.70. The molecule has 0 aromatic rings. The fourth-order valence-electron chi connectivity index (χ4n) is 1.59. The van der Waals surface area contributed by atoms with Gasteiger partial charge in [-0.2, -0.15) is 0 Å². The first-order valence-corrected chi connectivity index (χ1v) is 5.81. The van der Waals surface area contributed by atoms with Gasteiger partial charge in [0.25, 0.3) is 0 Å². The second-order valence-electron chi connectivity index (χ2n) is 5.73. The minimum absolute atomic E-state index is 0.0820. The minimum atomic E-state index is -0.897. The molecule has 0 aliphatic carbocycles. The third kappa shape index (κ3) is 5.02. The number of aliphatic hydroxyl groups excluding tert-OH is 1. The van der Waals surface area contributed by atoms with E-state index in [0.29, 0.717) is 0 Å². The van der Waals surface area contributed by atoms with E-state index in [0.717, 1.165) is 0 Å². The largest absolute Gasteiger partial charge is 0.460 e. The molecule has 1 heterocycles. The molecular weight excluding hydrogens is 224 g/mol. The molecule has 17 heavy (non-hydrogen) atoms. The van der Waals surface area contributed by atoms with Gasteiger partial charge in [-0.25, -0.2) is 0 Å². The minimum Gasteiger partial charge on any atom is -0.460 e. The Hall–Kier alpha value is -0.650. The Morgan fingerprint density at radius 1 is 1.53 bits per heavy atom. The number of hydrogen-bond acceptors (Lipinski definition) is 5. The Labute approximate surface area is 102 Å². The van der Waals surface area contributed by atoms with E-state index in [1.54, 1.807) is 34.6 Å². The van der Waals surface area contributed by atoms with Crippen LogP contribution in [0.25, 0.3) is 0 Å². The van der Waals surface area contributed by atoms with Crippen LogP contribution in [0.2, 0.25) is 0 Å². The van der Waals surface area contributed by atoms with Gasteiger partial charge in [0.1, 0.15) is 11.7 Å². The lowest BCUT2D eigenvalue weighted by Crippen LogP contribution is -2.34. The number of aliphatic hydroxyl groups is 1. The fourth-order valence-corrected chi connectivity index (χ4v) is 1.59. The number of hydrogen-bond donors (Lipinski definition) is 1. The van der Waals surface area contributed by atoms with Gasteiger partial charge in [0.05, 0.1) is 19.1 Å². The molecule has 0 aromatic carbocycles. The van der Waals surface area contributed by atoms with Crippen molar-refractivity contribution in [1.82, 2.24) is 0 Å². The van der Waals surface area contributed by atoms with Crippen LogP contribution in [0.3, 0.4) is 0 Å². The molecule has 1 aliphatic heterocycles. The Balaban J connectivity index is 2.40. The third-order valence-electron chi connectivity index (χ3n) is 2.26. The van der Waals surface area contributed by atoms with Crippen molar-refractivity contribution in [2.45, 2.75) is 64.6 Å². The van der Waals surface area contributed by atoms with Crippen LogP contribution in [-0.4, -0.2) is 41.3 Å². The van der Waals surface area contributed by atoms with Gasteiger partial charge in [-0.15, -0.1) is 0 Å². The van der Waals surface area contributed by atoms with Crippen LogP contribution in [0.1, 0.15) is 41.0 Å². The van der Waals surface area contributed by atoms with Gasteiger partial charge in [-0.1, -0.05) is 0 Å². The molecule has 1 saturated heterocycles. The van der Waals surface area contributed by atoms with Crippen LogP contribution in [0.4, 0.5) is 0 Å². The molecule has 0 saturated carbocycles. The zero-order valence-corrected chi connectivity index (χ0v) is 11.1. The third-order valence-corrected chi connectivity index (χ3v) is 2.26. The van der Waals surface area contributed by atoms with Crippen LogP contribution in [-0.2, 0) is 19.0 Å². The SMILES string of the molecule is CC(C)(C)OC(=O)CC(O)C1COC(C)(C)O1. The summed E-state index contributed by atoms with van der Waals surface area (Å²) in [5.41, 5.74) is -0.539. The molecule has 1 N–H and O–H groups in total. The molecule has 1 aliphatic rings. The smallest absolute Gasteiger partial charge is 0.309 e. The van der Waals surface area contributed by atoms with Gasteiger partial charge < -0.3 is 19.3 Å². The maximum Gasteiger partial charge on any atom is 0.309 e. The Kier molecular flexibility index (Phi) is 4.17. The van der Waals surface area contributed by atoms with Gasteiger partial charge in [0.2, 0.25) is 0 Å². The summed E-state index contributed by atoms with van der Waals surface area (Å²) < 4.78 is 15.9. The predicted molar refractivity (Wildman–Crippen MR) is 61.4 cm³/mol. The summed E-state index contributed by atoms with van der Waals surface area (Å²) >= 11 is 0. The van der Waals surface area contributed by atoms with E-state index in [2.05, 4.69) is 0 Å². The molecule has 1 fully saturated rings. The van der Waals surface area contributed by atoms with Crippen LogP contribution in [0, 0.1) is 0 Å². The lowest BCUT2D eigenvalue weighted by Gasteiger charge is -2.23. The Bertz CT molecular complexity index is 279. The first-order valence-electron chi connectivity index (χ1n) is 5.81. The summed E-state index contributed by atoms with van der Waals surface area (Å²) in [4.78, 5) is 11.5. The molecule has 5 heteroatoms. The van der Waals surface area contributed by atoms with Crippen molar-refractivity contribution in [3.8, 4) is 0 Å². The normalized spacial score (nSPS) is 25.6. The Morgan fingerprint density at radius 2 is 2.12 bits per heavy atom. The number of ether oxygens (including phenoxy) is 3. The predicted octanol–water partition coefficient (Wildman–Crippen LogP) is 1.23. The first-order chi connectivity index (χ1) is 7.59. The van der Waals surface area contributed by atoms with E-state index >= 15 is 0 Å². The summed E-state index contributed by atoms with van der Waals surface area (Å²) in [5, 5.41) is 9.84. The van der Waals surface area contributed by atoms with Crippen LogP contribution in [0.15, 0.2) is 0 Å². The molecule has 5 nitrogen and oxygen atoms in total. The van der Waals surface area contributed by atoms with Crippen molar-refractivity contribution in [2.75, 3.05) is 6.61 Å². The second kappa shape index (κ2) is 4.92. The molecule has 0 aromatic heterocycles. The van der Waals surface area contributed by atoms with E-state index in [1.807, 2.05) is 0 Å². The molecule has 1 rings (SSSR count). The van der Waals surface area contributed by atoms with Gasteiger partial charge >= 0.3 is 5.97 Å². The number of rotatable bonds is 3. The summed E-state index contributed by atoms with van der Waals surface area (Å²) in [6, 6.07) is 0. The lowest BCUT2D eigenvalue weighted by molar-refractivity contribution is -0.166. The number of carbonyl (C=O) groups excluding carboxylic acids is 1. The molecule has 2 atom stereocenters. The Morgan fingerprint density at radius 3 is 2.53 bits per heavy atom. The monoisotopic (exact) mass is 246 g/mol. The number of esters is 1. The van der Waals surface area contributed by atoms with Crippen molar-refractivity contribution in [1.29, 1.82) is 0 Å². The van der Waals surface area contributed by atoms with Gasteiger partial charge in [0.15, 0.2) is 5.79 Å². The van der Waals surface area contributed by atoms with E-state index < -0.39 is 29.6 Å². The average Bonchev–Trinajstić information content (AvgIpc) is 2.42. The summed E-state index contributed by atoms with van der Waals surface area (Å²) in [6.07, 6.45) is -1.45. The molecule has 100 valence electrons. The number of carbonyl (C=O) groups is 1. The fraction of sp³-hybridized carbons (Fsp3) is 0.917. The maximum atomic E-state index is 11.5. The molecule has 0 bridgehead atoms. The maximum absolute atomic E-state index is 11.5. The first kappa shape index (κ1) is 14.4. The summed E-state index contributed by atoms with van der Waals surface area (Å²) in [5.74, 6) is -1.13. The molecule has 2 unspecified atom stereocenters. The van der Waals surface area contributed by atoms with E-state index in [1.165, 1.54) is 0 Å². The van der Waals surface area contributed by atoms with Crippen LogP contribution >= 0.6 is 0 Å². The van der Waals surface area contributed by atoms with Crippen LogP contribution < -0.4 is 0 Å². The molecule has 0 spiro atoms. The molecule has 0 radical (unpaired) electrons. The van der Waals surface area contributed by atoms with Crippen molar-refractivity contribution < 1.29 is 24.1 Å². The lowest BCUT2D eigenvalue weighted by atomic mass is 10.1. The second-order valence-corrected chi connectivity index (χ2v) is 5.73. The quantitative estimate of drug-likeness (QED) is 0.759. The average molecular weight is 246 g/mol. The molecular formula is C12H22O5. The zero-order chi connectivity index (χ0) is 13.3. The topological polar surface area (TPSA) is 65.0 Å². The van der Waals surface area contributed by atoms with E-state index in [9.17, 15) is 9.90 Å².